The zero-order chi connectivity index (χ0) is 15.2. The number of aliphatic hydroxyl groups excluding tert-OH is 1. The summed E-state index contributed by atoms with van der Waals surface area (Å²) in [4.78, 5) is 13.7. The number of nitrogens with one attached hydrogen (secondary N) is 1. The molecule has 0 aliphatic carbocycles. The summed E-state index contributed by atoms with van der Waals surface area (Å²) in [5.41, 5.74) is 1.15. The van der Waals surface area contributed by atoms with Crippen molar-refractivity contribution in [2.24, 2.45) is 0 Å². The van der Waals surface area contributed by atoms with Gasteiger partial charge in [-0.1, -0.05) is 28.1 Å². The molecule has 2 rings (SSSR count). The highest BCUT2D eigenvalue weighted by molar-refractivity contribution is 9.10. The monoisotopic (exact) mass is 365 g/mol. The van der Waals surface area contributed by atoms with Gasteiger partial charge in [0.2, 0.25) is 5.91 Å². The number of hydrogen-bond acceptors (Lipinski definition) is 3. The Labute approximate surface area is 136 Å². The van der Waals surface area contributed by atoms with Gasteiger partial charge in [-0.05, 0) is 42.8 Å². The van der Waals surface area contributed by atoms with Crippen molar-refractivity contribution in [3.05, 3.63) is 51.8 Å². The van der Waals surface area contributed by atoms with Crippen molar-refractivity contribution < 1.29 is 9.90 Å². The number of halogens is 1. The number of carbonyl (C=O) groups is 1. The van der Waals surface area contributed by atoms with Crippen LogP contribution in [0.4, 0.5) is 0 Å². The molecule has 1 unspecified atom stereocenters. The topological polar surface area (TPSA) is 49.3 Å². The molecule has 2 N–H and O–H groups in total. The van der Waals surface area contributed by atoms with Gasteiger partial charge in [0.1, 0.15) is 0 Å². The average Bonchev–Trinajstić information content (AvgIpc) is 2.92. The maximum atomic E-state index is 11.5. The van der Waals surface area contributed by atoms with Crippen LogP contribution < -0.4 is 5.32 Å². The molecule has 0 spiro atoms. The maximum Gasteiger partial charge on any atom is 0.244 e. The molecule has 0 bridgehead atoms. The van der Waals surface area contributed by atoms with Crippen LogP contribution in [0.5, 0.6) is 0 Å². The lowest BCUT2D eigenvalue weighted by atomic mass is 10.2. The van der Waals surface area contributed by atoms with Gasteiger partial charge in [0, 0.05) is 26.8 Å². The molecule has 1 atom stereocenters. The summed E-state index contributed by atoms with van der Waals surface area (Å²) in [7, 11) is 0. The van der Waals surface area contributed by atoms with Crippen molar-refractivity contribution >= 4 is 39.2 Å². The van der Waals surface area contributed by atoms with Gasteiger partial charge in [-0.15, -0.1) is 11.3 Å². The van der Waals surface area contributed by atoms with Crippen molar-refractivity contribution in [1.82, 2.24) is 5.32 Å². The molecule has 0 saturated heterocycles. The summed E-state index contributed by atoms with van der Waals surface area (Å²) in [5, 5.41) is 11.7. The summed E-state index contributed by atoms with van der Waals surface area (Å²) < 4.78 is 1.05. The summed E-state index contributed by atoms with van der Waals surface area (Å²) in [6.07, 6.45) is 2.73. The molecular formula is C16H16BrNO2S. The van der Waals surface area contributed by atoms with Crippen molar-refractivity contribution in [2.75, 3.05) is 6.54 Å². The third-order valence-corrected chi connectivity index (χ3v) is 4.35. The van der Waals surface area contributed by atoms with Crippen LogP contribution in [0.1, 0.15) is 11.8 Å². The van der Waals surface area contributed by atoms with E-state index in [-0.39, 0.29) is 12.5 Å². The Hall–Kier alpha value is -1.43. The van der Waals surface area contributed by atoms with Crippen LogP contribution in [0.3, 0.4) is 0 Å². The van der Waals surface area contributed by atoms with Crippen LogP contribution >= 0.6 is 27.3 Å². The lowest BCUT2D eigenvalue weighted by molar-refractivity contribution is -0.116. The van der Waals surface area contributed by atoms with Crippen molar-refractivity contribution in [2.45, 2.75) is 13.0 Å². The lowest BCUT2D eigenvalue weighted by Gasteiger charge is -2.03. The fraction of sp³-hybridized carbons (Fsp3) is 0.188. The standard InChI is InChI=1S/C16H16BrNO2S/c1-11(19)10-18-16(20)9-7-14-6-8-15(21-14)12-2-4-13(17)5-3-12/h2-9,11,19H,10H2,1H3,(H,18,20)/b9-7+. The first kappa shape index (κ1) is 15.9. The molecule has 2 aromatic rings. The molecule has 0 aliphatic heterocycles. The minimum absolute atomic E-state index is 0.200. The first-order valence-electron chi connectivity index (χ1n) is 6.54. The second-order valence-electron chi connectivity index (χ2n) is 4.64. The maximum absolute atomic E-state index is 11.5. The largest absolute Gasteiger partial charge is 0.392 e. The molecule has 3 nitrogen and oxygen atoms in total. The number of rotatable bonds is 5. The van der Waals surface area contributed by atoms with E-state index in [1.54, 1.807) is 24.3 Å². The summed E-state index contributed by atoms with van der Waals surface area (Å²) in [6, 6.07) is 12.2. The van der Waals surface area contributed by atoms with Gasteiger partial charge in [0.25, 0.3) is 0 Å². The van der Waals surface area contributed by atoms with Crippen LogP contribution in [-0.4, -0.2) is 23.7 Å². The molecule has 1 heterocycles. The smallest absolute Gasteiger partial charge is 0.244 e. The van der Waals surface area contributed by atoms with Crippen molar-refractivity contribution in [3.63, 3.8) is 0 Å². The molecule has 1 aromatic heterocycles. The van der Waals surface area contributed by atoms with Gasteiger partial charge in [-0.2, -0.15) is 0 Å². The Bertz CT molecular complexity index is 632. The first-order chi connectivity index (χ1) is 10.0. The minimum Gasteiger partial charge on any atom is -0.392 e. The Morgan fingerprint density at radius 1 is 1.33 bits per heavy atom. The highest BCUT2D eigenvalue weighted by Gasteiger charge is 2.02. The van der Waals surface area contributed by atoms with Gasteiger partial charge in [-0.25, -0.2) is 0 Å². The quantitative estimate of drug-likeness (QED) is 0.793. The molecule has 5 heteroatoms. The fourth-order valence-corrected chi connectivity index (χ4v) is 2.86. The predicted molar refractivity (Wildman–Crippen MR) is 91.2 cm³/mol. The zero-order valence-electron chi connectivity index (χ0n) is 11.5. The molecule has 110 valence electrons. The van der Waals surface area contributed by atoms with Crippen molar-refractivity contribution in [1.29, 1.82) is 0 Å². The van der Waals surface area contributed by atoms with Gasteiger partial charge < -0.3 is 10.4 Å². The highest BCUT2D eigenvalue weighted by Crippen LogP contribution is 2.29. The molecule has 0 fully saturated rings. The van der Waals surface area contributed by atoms with E-state index in [4.69, 9.17) is 5.11 Å². The van der Waals surface area contributed by atoms with E-state index in [2.05, 4.69) is 33.4 Å². The normalized spacial score (nSPS) is 12.5. The van der Waals surface area contributed by atoms with Crippen LogP contribution in [0.25, 0.3) is 16.5 Å². The average molecular weight is 366 g/mol. The molecule has 1 amide bonds. The van der Waals surface area contributed by atoms with E-state index in [0.29, 0.717) is 0 Å². The van der Waals surface area contributed by atoms with E-state index in [1.165, 1.54) is 6.08 Å². The summed E-state index contributed by atoms with van der Waals surface area (Å²) in [6.45, 7) is 1.89. The second-order valence-corrected chi connectivity index (χ2v) is 6.67. The Morgan fingerprint density at radius 2 is 2.05 bits per heavy atom. The number of hydrogen-bond donors (Lipinski definition) is 2. The van der Waals surface area contributed by atoms with E-state index < -0.39 is 6.10 Å². The fourth-order valence-electron chi connectivity index (χ4n) is 1.68. The van der Waals surface area contributed by atoms with E-state index in [0.717, 1.165) is 19.8 Å². The SMILES string of the molecule is CC(O)CNC(=O)/C=C/c1ccc(-c2ccc(Br)cc2)s1. The summed E-state index contributed by atoms with van der Waals surface area (Å²) >= 11 is 5.05. The molecular weight excluding hydrogens is 350 g/mol. The van der Waals surface area contributed by atoms with E-state index in [9.17, 15) is 4.79 Å². The third kappa shape index (κ3) is 5.12. The van der Waals surface area contributed by atoms with Crippen LogP contribution in [-0.2, 0) is 4.79 Å². The number of thiophene rings is 1. The van der Waals surface area contributed by atoms with Crippen LogP contribution in [0, 0.1) is 0 Å². The van der Waals surface area contributed by atoms with Gasteiger partial charge in [0.15, 0.2) is 0 Å². The molecule has 0 aliphatic rings. The lowest BCUT2D eigenvalue weighted by Crippen LogP contribution is -2.28. The summed E-state index contributed by atoms with van der Waals surface area (Å²) in [5.74, 6) is -0.200. The van der Waals surface area contributed by atoms with E-state index in [1.807, 2.05) is 24.3 Å². The van der Waals surface area contributed by atoms with E-state index >= 15 is 0 Å². The Morgan fingerprint density at radius 3 is 2.71 bits per heavy atom. The van der Waals surface area contributed by atoms with Gasteiger partial charge >= 0.3 is 0 Å². The molecule has 0 saturated carbocycles. The van der Waals surface area contributed by atoms with Crippen LogP contribution in [0.15, 0.2) is 46.9 Å². The minimum atomic E-state index is -0.534. The number of benzene rings is 1. The Kier molecular flexibility index (Phi) is 5.73. The molecule has 1 aromatic carbocycles. The third-order valence-electron chi connectivity index (χ3n) is 2.73. The first-order valence-corrected chi connectivity index (χ1v) is 8.15. The second kappa shape index (κ2) is 7.54. The Balaban J connectivity index is 2.00. The molecule has 21 heavy (non-hydrogen) atoms. The molecule has 0 radical (unpaired) electrons. The van der Waals surface area contributed by atoms with Crippen LogP contribution in [0.2, 0.25) is 0 Å². The number of carbonyl (C=O) groups excluding carboxylic acids is 1. The van der Waals surface area contributed by atoms with Crippen molar-refractivity contribution in [3.8, 4) is 10.4 Å². The zero-order valence-corrected chi connectivity index (χ0v) is 13.9. The number of amides is 1. The van der Waals surface area contributed by atoms with Gasteiger partial charge in [0.05, 0.1) is 6.10 Å². The predicted octanol–water partition coefficient (Wildman–Crippen LogP) is 3.69. The number of aliphatic hydroxyl groups is 1. The van der Waals surface area contributed by atoms with Gasteiger partial charge in [-0.3, -0.25) is 4.79 Å². The highest BCUT2D eigenvalue weighted by atomic mass is 79.9.